The Hall–Kier alpha value is -2.73. The number of piperidine rings is 1. The van der Waals surface area contributed by atoms with E-state index < -0.39 is 0 Å². The van der Waals surface area contributed by atoms with Gasteiger partial charge in [0.1, 0.15) is 5.78 Å². The van der Waals surface area contributed by atoms with Crippen LogP contribution in [0.3, 0.4) is 0 Å². The van der Waals surface area contributed by atoms with Crippen LogP contribution in [-0.2, 0) is 4.79 Å². The Morgan fingerprint density at radius 3 is 1.54 bits per heavy atom. The fraction of sp³-hybridized carbons (Fsp3) is 0.552. The summed E-state index contributed by atoms with van der Waals surface area (Å²) < 4.78 is 22.1. The summed E-state index contributed by atoms with van der Waals surface area (Å²) in [5, 5.41) is 3.87. The second-order valence-electron chi connectivity index (χ2n) is 11.1. The summed E-state index contributed by atoms with van der Waals surface area (Å²) in [6.07, 6.45) is 2.90. The van der Waals surface area contributed by atoms with E-state index in [2.05, 4.69) is 26.1 Å². The van der Waals surface area contributed by atoms with Crippen LogP contribution in [-0.4, -0.2) is 34.2 Å². The summed E-state index contributed by atoms with van der Waals surface area (Å²) in [5.41, 5.74) is 2.30. The van der Waals surface area contributed by atoms with Gasteiger partial charge in [0.05, 0.1) is 28.4 Å². The number of fused-ring (bicyclic) bond motifs is 2. The first kappa shape index (κ1) is 25.4. The Balaban J connectivity index is 1.77. The summed E-state index contributed by atoms with van der Waals surface area (Å²) >= 11 is 0. The van der Waals surface area contributed by atoms with Crippen molar-refractivity contribution >= 4 is 5.78 Å². The summed E-state index contributed by atoms with van der Waals surface area (Å²) in [6.45, 7) is 6.86. The lowest BCUT2D eigenvalue weighted by molar-refractivity contribution is -0.137. The first-order valence-corrected chi connectivity index (χ1v) is 12.4. The van der Waals surface area contributed by atoms with Gasteiger partial charge in [-0.25, -0.2) is 0 Å². The molecule has 2 aliphatic rings. The molecule has 1 N–H and O–H groups in total. The lowest BCUT2D eigenvalue weighted by Crippen LogP contribution is -2.52. The maximum atomic E-state index is 13.9. The normalized spacial score (nSPS) is 26.3. The van der Waals surface area contributed by atoms with E-state index in [0.717, 1.165) is 30.4 Å². The third-order valence-electron chi connectivity index (χ3n) is 7.50. The molecule has 6 heteroatoms. The zero-order valence-electron chi connectivity index (χ0n) is 22.0. The molecule has 1 saturated heterocycles. The minimum absolute atomic E-state index is 0.0735. The number of methoxy groups -OCH3 is 4. The second kappa shape index (κ2) is 10.1. The highest BCUT2D eigenvalue weighted by Crippen LogP contribution is 2.51. The molecule has 2 bridgehead atoms. The molecule has 4 rings (SSSR count). The minimum Gasteiger partial charge on any atom is -0.493 e. The van der Waals surface area contributed by atoms with E-state index in [1.54, 1.807) is 28.4 Å². The molecule has 2 aromatic rings. The first-order chi connectivity index (χ1) is 16.7. The molecule has 190 valence electrons. The SMILES string of the molecule is COc1ccc([C@H]2N[C@@H](c3ccc(OC)c(OC)c3)[C@@H]3CC(CC(C)(C)C)C[C@H]2C3=O)cc1OC. The van der Waals surface area contributed by atoms with Gasteiger partial charge in [-0.3, -0.25) is 4.79 Å². The zero-order chi connectivity index (χ0) is 25.3. The number of Topliss-reactive ketones (excluding diaryl/α,β-unsaturated/α-hetero) is 1. The van der Waals surface area contributed by atoms with Crippen LogP contribution in [0.5, 0.6) is 23.0 Å². The van der Waals surface area contributed by atoms with Crippen molar-refractivity contribution in [1.29, 1.82) is 0 Å². The van der Waals surface area contributed by atoms with E-state index in [1.165, 1.54) is 0 Å². The molecule has 35 heavy (non-hydrogen) atoms. The molecule has 1 aliphatic carbocycles. The number of hydrogen-bond donors (Lipinski definition) is 1. The lowest BCUT2D eigenvalue weighted by atomic mass is 9.62. The van der Waals surface area contributed by atoms with E-state index in [0.29, 0.717) is 34.7 Å². The third kappa shape index (κ3) is 5.13. The van der Waals surface area contributed by atoms with E-state index in [-0.39, 0.29) is 29.3 Å². The fourth-order valence-corrected chi connectivity index (χ4v) is 6.13. The molecular formula is C29H39NO5. The number of carbonyl (C=O) groups excluding carboxylic acids is 1. The van der Waals surface area contributed by atoms with Gasteiger partial charge in [-0.2, -0.15) is 0 Å². The summed E-state index contributed by atoms with van der Waals surface area (Å²) in [4.78, 5) is 13.9. The molecule has 0 aromatic heterocycles. The molecule has 1 aliphatic heterocycles. The van der Waals surface area contributed by atoms with Crippen LogP contribution in [0.2, 0.25) is 0 Å². The van der Waals surface area contributed by atoms with E-state index in [1.807, 2.05) is 36.4 Å². The van der Waals surface area contributed by atoms with Gasteiger partial charge in [0.2, 0.25) is 0 Å². The molecule has 5 atom stereocenters. The Morgan fingerprint density at radius 2 is 1.17 bits per heavy atom. The molecule has 0 amide bonds. The third-order valence-corrected chi connectivity index (χ3v) is 7.50. The predicted octanol–water partition coefficient (Wildman–Crippen LogP) is 5.75. The van der Waals surface area contributed by atoms with Gasteiger partial charge in [-0.05, 0) is 66.0 Å². The monoisotopic (exact) mass is 481 g/mol. The molecule has 2 aromatic carbocycles. The van der Waals surface area contributed by atoms with Gasteiger partial charge in [0.15, 0.2) is 23.0 Å². The Bertz CT molecular complexity index is 986. The molecular weight excluding hydrogens is 442 g/mol. The van der Waals surface area contributed by atoms with Crippen molar-refractivity contribution in [3.8, 4) is 23.0 Å². The quantitative estimate of drug-likeness (QED) is 0.543. The number of ketones is 1. The number of nitrogens with one attached hydrogen (secondary N) is 1. The van der Waals surface area contributed by atoms with Gasteiger partial charge >= 0.3 is 0 Å². The van der Waals surface area contributed by atoms with Gasteiger partial charge < -0.3 is 24.3 Å². The molecule has 6 nitrogen and oxygen atoms in total. The van der Waals surface area contributed by atoms with E-state index in [9.17, 15) is 4.79 Å². The fourth-order valence-electron chi connectivity index (χ4n) is 6.13. The van der Waals surface area contributed by atoms with Crippen molar-refractivity contribution in [2.24, 2.45) is 23.2 Å². The van der Waals surface area contributed by atoms with Crippen LogP contribution < -0.4 is 24.3 Å². The average molecular weight is 482 g/mol. The first-order valence-electron chi connectivity index (χ1n) is 12.4. The summed E-state index contributed by atoms with van der Waals surface area (Å²) in [6, 6.07) is 11.7. The van der Waals surface area contributed by atoms with Crippen molar-refractivity contribution in [1.82, 2.24) is 5.32 Å². The zero-order valence-corrected chi connectivity index (χ0v) is 22.0. The standard InChI is InChI=1S/C29H39NO5/c1-29(2,3)16-17-12-20-26(18-8-10-22(32-4)24(14-18)34-6)30-27(21(13-17)28(20)31)19-9-11-23(33-5)25(15-19)35-7/h8-11,14-15,17,20-21,26-27,30H,12-13,16H2,1-7H3/t17?,20-,21+,26-,27+. The van der Waals surface area contributed by atoms with Crippen molar-refractivity contribution in [3.63, 3.8) is 0 Å². The van der Waals surface area contributed by atoms with Crippen LogP contribution in [0, 0.1) is 23.2 Å². The van der Waals surface area contributed by atoms with Gasteiger partial charge in [-0.1, -0.05) is 32.9 Å². The van der Waals surface area contributed by atoms with Crippen molar-refractivity contribution in [3.05, 3.63) is 47.5 Å². The number of benzene rings is 2. The van der Waals surface area contributed by atoms with Crippen molar-refractivity contribution in [2.75, 3.05) is 28.4 Å². The maximum absolute atomic E-state index is 13.9. The summed E-state index contributed by atoms with van der Waals surface area (Å²) in [5.74, 6) is 3.41. The average Bonchev–Trinajstić information content (AvgIpc) is 2.83. The molecule has 1 saturated carbocycles. The highest BCUT2D eigenvalue weighted by atomic mass is 16.5. The van der Waals surface area contributed by atoms with E-state index in [4.69, 9.17) is 18.9 Å². The van der Waals surface area contributed by atoms with Crippen molar-refractivity contribution < 1.29 is 23.7 Å². The Morgan fingerprint density at radius 1 is 0.743 bits per heavy atom. The van der Waals surface area contributed by atoms with Crippen LogP contribution in [0.1, 0.15) is 63.2 Å². The van der Waals surface area contributed by atoms with Gasteiger partial charge in [0.25, 0.3) is 0 Å². The smallest absolute Gasteiger partial charge is 0.161 e. The number of ether oxygens (including phenoxy) is 4. The van der Waals surface area contributed by atoms with E-state index >= 15 is 0 Å². The van der Waals surface area contributed by atoms with Gasteiger partial charge in [-0.15, -0.1) is 0 Å². The molecule has 0 spiro atoms. The van der Waals surface area contributed by atoms with Crippen LogP contribution in [0.15, 0.2) is 36.4 Å². The minimum atomic E-state index is -0.112. The number of carbonyl (C=O) groups is 1. The maximum Gasteiger partial charge on any atom is 0.161 e. The number of rotatable bonds is 7. The highest BCUT2D eigenvalue weighted by molar-refractivity contribution is 5.87. The van der Waals surface area contributed by atoms with Crippen molar-refractivity contribution in [2.45, 2.75) is 52.1 Å². The van der Waals surface area contributed by atoms with Gasteiger partial charge in [0, 0.05) is 23.9 Å². The summed E-state index contributed by atoms with van der Waals surface area (Å²) in [7, 11) is 6.55. The second-order valence-corrected chi connectivity index (χ2v) is 11.1. The lowest BCUT2D eigenvalue weighted by Gasteiger charge is -2.48. The van der Waals surface area contributed by atoms with Crippen LogP contribution >= 0.6 is 0 Å². The molecule has 1 unspecified atom stereocenters. The molecule has 1 heterocycles. The number of hydrogen-bond acceptors (Lipinski definition) is 6. The predicted molar refractivity (Wildman–Crippen MR) is 136 cm³/mol. The van der Waals surface area contributed by atoms with Crippen LogP contribution in [0.4, 0.5) is 0 Å². The molecule has 2 fully saturated rings. The van der Waals surface area contributed by atoms with Crippen LogP contribution in [0.25, 0.3) is 0 Å². The largest absolute Gasteiger partial charge is 0.493 e. The topological polar surface area (TPSA) is 66.0 Å². The Labute approximate surface area is 209 Å². The Kier molecular flexibility index (Phi) is 7.32. The highest BCUT2D eigenvalue weighted by Gasteiger charge is 2.49. The molecule has 0 radical (unpaired) electrons.